The van der Waals surface area contributed by atoms with E-state index in [9.17, 15) is 0 Å². The SMILES string of the molecule is COCCc1ccc(OCc2cccnc2C(=N)N)cc1. The van der Waals surface area contributed by atoms with E-state index in [-0.39, 0.29) is 5.84 Å². The number of nitrogens with one attached hydrogen (secondary N) is 1. The first-order valence-corrected chi connectivity index (χ1v) is 6.69. The molecule has 1 heterocycles. The molecule has 0 spiro atoms. The van der Waals surface area contributed by atoms with Crippen molar-refractivity contribution < 1.29 is 9.47 Å². The molecule has 110 valence electrons. The Morgan fingerprint density at radius 2 is 2.00 bits per heavy atom. The molecule has 0 fully saturated rings. The Labute approximate surface area is 124 Å². The minimum Gasteiger partial charge on any atom is -0.489 e. The van der Waals surface area contributed by atoms with Gasteiger partial charge in [-0.15, -0.1) is 0 Å². The van der Waals surface area contributed by atoms with E-state index >= 15 is 0 Å². The number of nitrogens with zero attached hydrogens (tertiary/aromatic N) is 1. The van der Waals surface area contributed by atoms with Crippen LogP contribution in [0.5, 0.6) is 5.75 Å². The van der Waals surface area contributed by atoms with Gasteiger partial charge in [0, 0.05) is 18.9 Å². The molecule has 0 radical (unpaired) electrons. The second-order valence-corrected chi connectivity index (χ2v) is 4.60. The van der Waals surface area contributed by atoms with Crippen molar-refractivity contribution in [3.8, 4) is 5.75 Å². The highest BCUT2D eigenvalue weighted by molar-refractivity contribution is 5.94. The number of methoxy groups -OCH3 is 1. The summed E-state index contributed by atoms with van der Waals surface area (Å²) in [5, 5.41) is 7.50. The fraction of sp³-hybridized carbons (Fsp3) is 0.250. The zero-order valence-electron chi connectivity index (χ0n) is 12.0. The molecule has 0 saturated carbocycles. The third-order valence-corrected chi connectivity index (χ3v) is 3.06. The molecule has 21 heavy (non-hydrogen) atoms. The molecule has 3 N–H and O–H groups in total. The number of aromatic nitrogens is 1. The van der Waals surface area contributed by atoms with E-state index < -0.39 is 0 Å². The Balaban J connectivity index is 1.98. The quantitative estimate of drug-likeness (QED) is 0.603. The molecule has 1 aromatic carbocycles. The molecule has 0 aliphatic carbocycles. The topological polar surface area (TPSA) is 81.2 Å². The van der Waals surface area contributed by atoms with Gasteiger partial charge >= 0.3 is 0 Å². The van der Waals surface area contributed by atoms with Crippen LogP contribution < -0.4 is 10.5 Å². The van der Waals surface area contributed by atoms with Crippen LogP contribution in [0.1, 0.15) is 16.8 Å². The number of nitrogens with two attached hydrogens (primary N) is 1. The average Bonchev–Trinajstić information content (AvgIpc) is 2.52. The number of nitrogen functional groups attached to an aromatic ring is 1. The van der Waals surface area contributed by atoms with Crippen LogP contribution in [-0.4, -0.2) is 24.5 Å². The van der Waals surface area contributed by atoms with Gasteiger partial charge in [-0.05, 0) is 30.2 Å². The molecule has 2 rings (SSSR count). The maximum atomic E-state index is 7.50. The largest absolute Gasteiger partial charge is 0.489 e. The van der Waals surface area contributed by atoms with Crippen LogP contribution in [0.4, 0.5) is 0 Å². The summed E-state index contributed by atoms with van der Waals surface area (Å²) in [7, 11) is 1.69. The van der Waals surface area contributed by atoms with Crippen molar-refractivity contribution in [2.75, 3.05) is 13.7 Å². The predicted molar refractivity (Wildman–Crippen MR) is 81.6 cm³/mol. The highest BCUT2D eigenvalue weighted by Gasteiger charge is 2.06. The first-order valence-electron chi connectivity index (χ1n) is 6.69. The van der Waals surface area contributed by atoms with E-state index in [1.165, 1.54) is 5.56 Å². The summed E-state index contributed by atoms with van der Waals surface area (Å²) in [6.07, 6.45) is 2.50. The van der Waals surface area contributed by atoms with Gasteiger partial charge < -0.3 is 15.2 Å². The normalized spacial score (nSPS) is 10.3. The zero-order valence-corrected chi connectivity index (χ0v) is 12.0. The first kappa shape index (κ1) is 15.0. The van der Waals surface area contributed by atoms with E-state index in [0.29, 0.717) is 18.9 Å². The number of ether oxygens (including phenoxy) is 2. The minimum atomic E-state index is -0.0517. The van der Waals surface area contributed by atoms with Crippen molar-refractivity contribution >= 4 is 5.84 Å². The van der Waals surface area contributed by atoms with Gasteiger partial charge in [-0.25, -0.2) is 0 Å². The zero-order chi connectivity index (χ0) is 15.1. The van der Waals surface area contributed by atoms with Crippen LogP contribution in [0.2, 0.25) is 0 Å². The number of pyridine rings is 1. The van der Waals surface area contributed by atoms with Crippen LogP contribution in [-0.2, 0) is 17.8 Å². The number of amidine groups is 1. The average molecular weight is 285 g/mol. The van der Waals surface area contributed by atoms with Crippen molar-refractivity contribution in [1.82, 2.24) is 4.98 Å². The lowest BCUT2D eigenvalue weighted by Gasteiger charge is -2.10. The van der Waals surface area contributed by atoms with Gasteiger partial charge in [0.25, 0.3) is 0 Å². The lowest BCUT2D eigenvalue weighted by Crippen LogP contribution is -2.16. The van der Waals surface area contributed by atoms with Gasteiger partial charge in [-0.2, -0.15) is 0 Å². The predicted octanol–water partition coefficient (Wildman–Crippen LogP) is 2.13. The summed E-state index contributed by atoms with van der Waals surface area (Å²) in [5.41, 5.74) is 7.97. The van der Waals surface area contributed by atoms with Crippen molar-refractivity contribution in [3.63, 3.8) is 0 Å². The lowest BCUT2D eigenvalue weighted by atomic mass is 10.1. The van der Waals surface area contributed by atoms with Crippen LogP contribution >= 0.6 is 0 Å². The fourth-order valence-electron chi connectivity index (χ4n) is 1.93. The summed E-state index contributed by atoms with van der Waals surface area (Å²) >= 11 is 0. The van der Waals surface area contributed by atoms with E-state index in [1.807, 2.05) is 30.3 Å². The lowest BCUT2D eigenvalue weighted by molar-refractivity contribution is 0.202. The molecule has 5 heteroatoms. The van der Waals surface area contributed by atoms with Gasteiger partial charge in [-0.1, -0.05) is 18.2 Å². The molecule has 0 unspecified atom stereocenters. The smallest absolute Gasteiger partial charge is 0.142 e. The monoisotopic (exact) mass is 285 g/mol. The Hall–Kier alpha value is -2.40. The van der Waals surface area contributed by atoms with Gasteiger partial charge in [0.2, 0.25) is 0 Å². The molecule has 1 aromatic heterocycles. The van der Waals surface area contributed by atoms with Gasteiger partial charge in [0.15, 0.2) is 0 Å². The Kier molecular flexibility index (Phi) is 5.29. The van der Waals surface area contributed by atoms with E-state index in [4.69, 9.17) is 20.6 Å². The summed E-state index contributed by atoms with van der Waals surface area (Å²) in [6, 6.07) is 11.5. The number of hydrogen-bond acceptors (Lipinski definition) is 4. The number of hydrogen-bond donors (Lipinski definition) is 2. The summed E-state index contributed by atoms with van der Waals surface area (Å²) < 4.78 is 10.8. The van der Waals surface area contributed by atoms with Crippen LogP contribution in [0, 0.1) is 5.41 Å². The molecule has 0 aliphatic heterocycles. The molecule has 0 saturated heterocycles. The third kappa shape index (κ3) is 4.29. The molecular weight excluding hydrogens is 266 g/mol. The minimum absolute atomic E-state index is 0.0517. The van der Waals surface area contributed by atoms with Crippen molar-refractivity contribution in [3.05, 3.63) is 59.4 Å². The number of benzene rings is 1. The highest BCUT2D eigenvalue weighted by Crippen LogP contribution is 2.15. The van der Waals surface area contributed by atoms with Crippen molar-refractivity contribution in [2.24, 2.45) is 5.73 Å². The Morgan fingerprint density at radius 3 is 2.67 bits per heavy atom. The third-order valence-electron chi connectivity index (χ3n) is 3.06. The Morgan fingerprint density at radius 1 is 1.24 bits per heavy atom. The van der Waals surface area contributed by atoms with Crippen molar-refractivity contribution in [1.29, 1.82) is 5.41 Å². The first-order chi connectivity index (χ1) is 10.2. The van der Waals surface area contributed by atoms with E-state index in [0.717, 1.165) is 17.7 Å². The Bertz CT molecular complexity index is 597. The van der Waals surface area contributed by atoms with Crippen LogP contribution in [0.15, 0.2) is 42.6 Å². The van der Waals surface area contributed by atoms with Crippen LogP contribution in [0.25, 0.3) is 0 Å². The fourth-order valence-corrected chi connectivity index (χ4v) is 1.93. The second-order valence-electron chi connectivity index (χ2n) is 4.60. The van der Waals surface area contributed by atoms with E-state index in [2.05, 4.69) is 4.98 Å². The summed E-state index contributed by atoms with van der Waals surface area (Å²) in [5.74, 6) is 0.721. The number of rotatable bonds is 7. The van der Waals surface area contributed by atoms with Crippen molar-refractivity contribution in [2.45, 2.75) is 13.0 Å². The molecular formula is C16H19N3O2. The molecule has 5 nitrogen and oxygen atoms in total. The van der Waals surface area contributed by atoms with Gasteiger partial charge in [0.1, 0.15) is 23.9 Å². The van der Waals surface area contributed by atoms with Gasteiger partial charge in [-0.3, -0.25) is 10.4 Å². The molecule has 0 bridgehead atoms. The highest BCUT2D eigenvalue weighted by atomic mass is 16.5. The standard InChI is InChI=1S/C16H19N3O2/c1-20-10-8-12-4-6-14(7-5-12)21-11-13-3-2-9-19-15(13)16(17)18/h2-7,9H,8,10-11H2,1H3,(H3,17,18). The van der Waals surface area contributed by atoms with E-state index in [1.54, 1.807) is 19.4 Å². The molecule has 0 atom stereocenters. The summed E-state index contributed by atoms with van der Waals surface area (Å²) in [6.45, 7) is 1.04. The second kappa shape index (κ2) is 7.40. The molecule has 0 amide bonds. The summed E-state index contributed by atoms with van der Waals surface area (Å²) in [4.78, 5) is 4.09. The maximum absolute atomic E-state index is 7.50. The van der Waals surface area contributed by atoms with Crippen LogP contribution in [0.3, 0.4) is 0 Å². The van der Waals surface area contributed by atoms with Gasteiger partial charge in [0.05, 0.1) is 6.61 Å². The molecule has 2 aromatic rings. The maximum Gasteiger partial charge on any atom is 0.142 e. The molecule has 0 aliphatic rings.